The quantitative estimate of drug-likeness (QED) is 0.491. The lowest BCUT2D eigenvalue weighted by Crippen LogP contribution is -2.10. The van der Waals surface area contributed by atoms with Crippen LogP contribution in [0.3, 0.4) is 0 Å². The summed E-state index contributed by atoms with van der Waals surface area (Å²) in [6.07, 6.45) is 0. The van der Waals surface area contributed by atoms with Gasteiger partial charge in [0.15, 0.2) is 23.0 Å². The average Bonchev–Trinajstić information content (AvgIpc) is 2.38. The normalized spacial score (nSPS) is 9.89. The van der Waals surface area contributed by atoms with Crippen molar-refractivity contribution in [2.45, 2.75) is 0 Å². The topological polar surface area (TPSA) is 99.4 Å². The summed E-state index contributed by atoms with van der Waals surface area (Å²) in [7, 11) is 0.984. The summed E-state index contributed by atoms with van der Waals surface area (Å²) < 4.78 is 10.1. The minimum Gasteiger partial charge on any atom is -0.526 e. The van der Waals surface area contributed by atoms with E-state index in [1.165, 1.54) is 36.4 Å². The van der Waals surface area contributed by atoms with Gasteiger partial charge in [0, 0.05) is 12.1 Å². The van der Waals surface area contributed by atoms with Crippen molar-refractivity contribution < 1.29 is 29.7 Å². The van der Waals surface area contributed by atoms with Crippen LogP contribution in [0, 0.1) is 0 Å². The Hall–Kier alpha value is -2.70. The van der Waals surface area contributed by atoms with E-state index in [2.05, 4.69) is 0 Å². The monoisotopic (exact) mass is 261 g/mol. The molecule has 2 aromatic rings. The zero-order valence-corrected chi connectivity index (χ0v) is 9.65. The molecule has 0 saturated carbocycles. The van der Waals surface area contributed by atoms with Crippen LogP contribution in [0.5, 0.6) is 34.5 Å². The molecule has 0 spiro atoms. The highest BCUT2D eigenvalue weighted by Gasteiger charge is 2.06. The van der Waals surface area contributed by atoms with E-state index >= 15 is 0 Å². The lowest BCUT2D eigenvalue weighted by atomic mass is 10.2. The van der Waals surface area contributed by atoms with Crippen LogP contribution in [0.4, 0.5) is 0 Å². The summed E-state index contributed by atoms with van der Waals surface area (Å²) in [5.41, 5.74) is 0. The Morgan fingerprint density at radius 1 is 0.632 bits per heavy atom. The van der Waals surface area contributed by atoms with Crippen LogP contribution in [0.1, 0.15) is 0 Å². The third-order valence-electron chi connectivity index (χ3n) is 2.26. The Labute approximate surface area is 109 Å². The molecule has 2 rings (SSSR count). The minimum absolute atomic E-state index is 0.253. The van der Waals surface area contributed by atoms with Gasteiger partial charge in [0.1, 0.15) is 11.5 Å². The number of hydrogen-bond donors (Lipinski definition) is 4. The molecule has 1 radical (unpaired) electrons. The van der Waals surface area contributed by atoms with Gasteiger partial charge in [-0.3, -0.25) is 0 Å². The maximum Gasteiger partial charge on any atom is 0.658 e. The van der Waals surface area contributed by atoms with Crippen molar-refractivity contribution in [2.75, 3.05) is 0 Å². The van der Waals surface area contributed by atoms with Gasteiger partial charge in [0.05, 0.1) is 0 Å². The molecule has 2 aromatic carbocycles. The van der Waals surface area contributed by atoms with Crippen molar-refractivity contribution in [3.63, 3.8) is 0 Å². The number of phenolic OH excluding ortho intramolecular Hbond substituents is 4. The summed E-state index contributed by atoms with van der Waals surface area (Å²) in [4.78, 5) is 0. The number of hydrogen-bond acceptors (Lipinski definition) is 6. The third kappa shape index (κ3) is 3.15. The van der Waals surface area contributed by atoms with Crippen LogP contribution in [-0.4, -0.2) is 28.1 Å². The lowest BCUT2D eigenvalue weighted by molar-refractivity contribution is 0.395. The first-order valence-corrected chi connectivity index (χ1v) is 5.25. The molecule has 0 saturated heterocycles. The second-order valence-corrected chi connectivity index (χ2v) is 3.63. The van der Waals surface area contributed by atoms with E-state index in [0.29, 0.717) is 0 Å². The fraction of sp³-hybridized carbons (Fsp3) is 0. The van der Waals surface area contributed by atoms with Gasteiger partial charge < -0.3 is 29.7 Å². The standard InChI is InChI=1S/C12H10BO6/c14-9-3-1-7(5-11(9)16)18-13-19-8-2-4-10(15)12(17)6-8/h1-6,14-17H. The van der Waals surface area contributed by atoms with E-state index in [1.807, 2.05) is 0 Å². The van der Waals surface area contributed by atoms with E-state index < -0.39 is 0 Å². The smallest absolute Gasteiger partial charge is 0.526 e. The summed E-state index contributed by atoms with van der Waals surface area (Å²) in [6, 6.07) is 7.83. The SMILES string of the molecule is Oc1ccc(O[B]Oc2ccc(O)c(O)c2)cc1O. The molecule has 0 heterocycles. The number of phenols is 4. The van der Waals surface area contributed by atoms with Gasteiger partial charge in [-0.2, -0.15) is 0 Å². The first-order valence-electron chi connectivity index (χ1n) is 5.25. The molecule has 6 nitrogen and oxygen atoms in total. The summed E-state index contributed by atoms with van der Waals surface area (Å²) in [6.45, 7) is 0. The van der Waals surface area contributed by atoms with Crippen LogP contribution in [-0.2, 0) is 0 Å². The molecule has 0 atom stereocenters. The van der Waals surface area contributed by atoms with Crippen LogP contribution in [0.2, 0.25) is 0 Å². The van der Waals surface area contributed by atoms with E-state index in [-0.39, 0.29) is 34.5 Å². The highest BCUT2D eigenvalue weighted by atomic mass is 16.6. The van der Waals surface area contributed by atoms with Crippen LogP contribution in [0.15, 0.2) is 36.4 Å². The molecule has 0 amide bonds. The fourth-order valence-corrected chi connectivity index (χ4v) is 1.29. The molecule has 0 aromatic heterocycles. The predicted molar refractivity (Wildman–Crippen MR) is 66.6 cm³/mol. The van der Waals surface area contributed by atoms with Gasteiger partial charge in [0.2, 0.25) is 0 Å². The van der Waals surface area contributed by atoms with Crippen molar-refractivity contribution in [3.05, 3.63) is 36.4 Å². The largest absolute Gasteiger partial charge is 0.658 e. The third-order valence-corrected chi connectivity index (χ3v) is 2.26. The number of rotatable bonds is 4. The molecule has 97 valence electrons. The average molecular weight is 261 g/mol. The molecule has 0 aliphatic heterocycles. The maximum atomic E-state index is 9.24. The van der Waals surface area contributed by atoms with Crippen LogP contribution in [0.25, 0.3) is 0 Å². The van der Waals surface area contributed by atoms with E-state index in [4.69, 9.17) is 19.5 Å². The molecule has 0 aliphatic rings. The molecule has 0 fully saturated rings. The van der Waals surface area contributed by atoms with Gasteiger partial charge in [-0.1, -0.05) is 0 Å². The van der Waals surface area contributed by atoms with Gasteiger partial charge in [-0.05, 0) is 24.3 Å². The molecule has 0 bridgehead atoms. The summed E-state index contributed by atoms with van der Waals surface area (Å²) in [5, 5.41) is 36.7. The second kappa shape index (κ2) is 5.30. The van der Waals surface area contributed by atoms with Crippen molar-refractivity contribution in [3.8, 4) is 34.5 Å². The summed E-state index contributed by atoms with van der Waals surface area (Å²) in [5.74, 6) is -0.605. The van der Waals surface area contributed by atoms with Crippen molar-refractivity contribution >= 4 is 7.69 Å². The van der Waals surface area contributed by atoms with E-state index in [9.17, 15) is 10.2 Å². The number of aromatic hydroxyl groups is 4. The van der Waals surface area contributed by atoms with Crippen LogP contribution >= 0.6 is 0 Å². The van der Waals surface area contributed by atoms with Gasteiger partial charge in [-0.25, -0.2) is 0 Å². The molecule has 0 unspecified atom stereocenters. The van der Waals surface area contributed by atoms with Crippen LogP contribution < -0.4 is 9.31 Å². The Morgan fingerprint density at radius 3 is 1.42 bits per heavy atom. The Kier molecular flexibility index (Phi) is 3.56. The first kappa shape index (κ1) is 12.8. The molecule has 4 N–H and O–H groups in total. The number of benzene rings is 2. The van der Waals surface area contributed by atoms with Crippen molar-refractivity contribution in [2.24, 2.45) is 0 Å². The first-order chi connectivity index (χ1) is 9.06. The summed E-state index contributed by atoms with van der Waals surface area (Å²) >= 11 is 0. The minimum atomic E-state index is -0.312. The Morgan fingerprint density at radius 2 is 1.05 bits per heavy atom. The highest BCUT2D eigenvalue weighted by Crippen LogP contribution is 2.30. The van der Waals surface area contributed by atoms with Crippen molar-refractivity contribution in [1.29, 1.82) is 0 Å². The zero-order chi connectivity index (χ0) is 13.8. The lowest BCUT2D eigenvalue weighted by Gasteiger charge is -2.08. The maximum absolute atomic E-state index is 9.24. The van der Waals surface area contributed by atoms with Gasteiger partial charge >= 0.3 is 7.69 Å². The molecular formula is C12H10BO6. The highest BCUT2D eigenvalue weighted by molar-refractivity contribution is 6.20. The zero-order valence-electron chi connectivity index (χ0n) is 9.65. The van der Waals surface area contributed by atoms with E-state index in [0.717, 1.165) is 7.69 Å². The van der Waals surface area contributed by atoms with E-state index in [1.54, 1.807) is 0 Å². The Balaban J connectivity index is 1.92. The Bertz CT molecular complexity index is 535. The molecule has 19 heavy (non-hydrogen) atoms. The van der Waals surface area contributed by atoms with Gasteiger partial charge in [0.25, 0.3) is 0 Å². The predicted octanol–water partition coefficient (Wildman–Crippen LogP) is 1.50. The molecular weight excluding hydrogens is 251 g/mol. The second-order valence-electron chi connectivity index (χ2n) is 3.63. The molecule has 0 aliphatic carbocycles. The molecule has 7 heteroatoms. The van der Waals surface area contributed by atoms with Gasteiger partial charge in [-0.15, -0.1) is 0 Å². The fourth-order valence-electron chi connectivity index (χ4n) is 1.29. The van der Waals surface area contributed by atoms with Crippen molar-refractivity contribution in [1.82, 2.24) is 0 Å².